The summed E-state index contributed by atoms with van der Waals surface area (Å²) >= 11 is 7.72. The maximum atomic E-state index is 3.86. The van der Waals surface area contributed by atoms with Gasteiger partial charge in [0.2, 0.25) is 0 Å². The highest BCUT2D eigenvalue weighted by molar-refractivity contribution is 9.11. The molecule has 0 N–H and O–H groups in total. The van der Waals surface area contributed by atoms with Gasteiger partial charge in [0.25, 0.3) is 0 Å². The van der Waals surface area contributed by atoms with E-state index in [1.165, 1.54) is 54.6 Å². The molecular formula is C28H16Br2. The van der Waals surface area contributed by atoms with Gasteiger partial charge in [-0.3, -0.25) is 0 Å². The lowest BCUT2D eigenvalue weighted by atomic mass is 9.87. The van der Waals surface area contributed by atoms with Crippen molar-refractivity contribution in [2.24, 2.45) is 0 Å². The smallest absolute Gasteiger partial charge is 0.0260 e. The third-order valence-electron chi connectivity index (χ3n) is 5.97. The van der Waals surface area contributed by atoms with Crippen LogP contribution in [0.2, 0.25) is 0 Å². The first-order chi connectivity index (χ1) is 14.7. The average molecular weight is 512 g/mol. The number of hydrogen-bond donors (Lipinski definition) is 0. The Hall–Kier alpha value is -2.68. The van der Waals surface area contributed by atoms with E-state index in [0.717, 1.165) is 8.95 Å². The van der Waals surface area contributed by atoms with Crippen LogP contribution in [0.3, 0.4) is 0 Å². The lowest BCUT2D eigenvalue weighted by Crippen LogP contribution is -1.91. The minimum atomic E-state index is 1.13. The number of benzene rings is 6. The van der Waals surface area contributed by atoms with Gasteiger partial charge >= 0.3 is 0 Å². The Morgan fingerprint density at radius 1 is 0.400 bits per heavy atom. The standard InChI is InChI=1S/C28H16Br2/c29-25-15-23(17-7-3-1-4-8-17)19-11-13-22-26(30)16-24(18-9-5-2-6-10-18)20-12-14-21(25)27(19)28(20)22/h1-16H. The molecule has 0 aromatic heterocycles. The van der Waals surface area contributed by atoms with Crippen LogP contribution in [0.5, 0.6) is 0 Å². The molecule has 0 spiro atoms. The van der Waals surface area contributed by atoms with Crippen LogP contribution in [0.1, 0.15) is 0 Å². The second kappa shape index (κ2) is 6.94. The highest BCUT2D eigenvalue weighted by Crippen LogP contribution is 2.46. The summed E-state index contributed by atoms with van der Waals surface area (Å²) in [6.45, 7) is 0. The highest BCUT2D eigenvalue weighted by Gasteiger charge is 2.18. The summed E-state index contributed by atoms with van der Waals surface area (Å²) in [5.74, 6) is 0. The minimum Gasteiger partial charge on any atom is -0.0622 e. The summed E-state index contributed by atoms with van der Waals surface area (Å²) in [4.78, 5) is 0. The van der Waals surface area contributed by atoms with Crippen molar-refractivity contribution in [2.75, 3.05) is 0 Å². The van der Waals surface area contributed by atoms with Crippen molar-refractivity contribution in [3.8, 4) is 22.3 Å². The van der Waals surface area contributed by atoms with Crippen LogP contribution in [0.4, 0.5) is 0 Å². The van der Waals surface area contributed by atoms with E-state index in [1.54, 1.807) is 0 Å². The molecule has 6 aromatic carbocycles. The Morgan fingerprint density at radius 3 is 1.17 bits per heavy atom. The van der Waals surface area contributed by atoms with Crippen LogP contribution < -0.4 is 0 Å². The van der Waals surface area contributed by atoms with Crippen LogP contribution in [0.15, 0.2) is 106 Å². The average Bonchev–Trinajstić information content (AvgIpc) is 2.80. The maximum absolute atomic E-state index is 3.86. The molecule has 0 aliphatic heterocycles. The number of halogens is 2. The third kappa shape index (κ3) is 2.64. The fourth-order valence-electron chi connectivity index (χ4n) is 4.62. The molecular weight excluding hydrogens is 496 g/mol. The van der Waals surface area contributed by atoms with Crippen molar-refractivity contribution in [3.05, 3.63) is 106 Å². The lowest BCUT2D eigenvalue weighted by molar-refractivity contribution is 1.63. The predicted octanol–water partition coefficient (Wildman–Crippen LogP) is 9.44. The predicted molar refractivity (Wildman–Crippen MR) is 136 cm³/mol. The fourth-order valence-corrected chi connectivity index (χ4v) is 5.74. The highest BCUT2D eigenvalue weighted by atomic mass is 79.9. The Kier molecular flexibility index (Phi) is 4.19. The lowest BCUT2D eigenvalue weighted by Gasteiger charge is -2.18. The molecule has 0 saturated carbocycles. The molecule has 0 heterocycles. The third-order valence-corrected chi connectivity index (χ3v) is 7.28. The van der Waals surface area contributed by atoms with E-state index in [4.69, 9.17) is 0 Å². The van der Waals surface area contributed by atoms with Crippen molar-refractivity contribution in [2.45, 2.75) is 0 Å². The first kappa shape index (κ1) is 18.1. The summed E-state index contributed by atoms with van der Waals surface area (Å²) in [6, 6.07) is 34.8. The maximum Gasteiger partial charge on any atom is 0.0260 e. The van der Waals surface area contributed by atoms with Crippen LogP contribution >= 0.6 is 31.9 Å². The first-order valence-corrected chi connectivity index (χ1v) is 11.5. The molecule has 0 saturated heterocycles. The molecule has 0 aliphatic rings. The number of rotatable bonds is 2. The van der Waals surface area contributed by atoms with Crippen molar-refractivity contribution in [3.63, 3.8) is 0 Å². The van der Waals surface area contributed by atoms with Gasteiger partial charge < -0.3 is 0 Å². The largest absolute Gasteiger partial charge is 0.0622 e. The SMILES string of the molecule is Brc1cc(-c2ccccc2)c2ccc3c(Br)cc(-c4ccccc4)c4ccc1c2c34. The van der Waals surface area contributed by atoms with Crippen molar-refractivity contribution < 1.29 is 0 Å². The molecule has 0 bridgehead atoms. The van der Waals surface area contributed by atoms with Gasteiger partial charge in [-0.25, -0.2) is 0 Å². The minimum absolute atomic E-state index is 1.13. The molecule has 0 nitrogen and oxygen atoms in total. The van der Waals surface area contributed by atoms with Gasteiger partial charge in [-0.2, -0.15) is 0 Å². The first-order valence-electron chi connectivity index (χ1n) is 9.93. The van der Waals surface area contributed by atoms with E-state index in [9.17, 15) is 0 Å². The van der Waals surface area contributed by atoms with Gasteiger partial charge in [-0.1, -0.05) is 117 Å². The molecule has 6 rings (SSSR count). The van der Waals surface area contributed by atoms with Crippen LogP contribution in [-0.2, 0) is 0 Å². The molecule has 6 aromatic rings. The van der Waals surface area contributed by atoms with Gasteiger partial charge in [-0.15, -0.1) is 0 Å². The van der Waals surface area contributed by atoms with E-state index >= 15 is 0 Å². The van der Waals surface area contributed by atoms with Crippen molar-refractivity contribution in [1.82, 2.24) is 0 Å². The monoisotopic (exact) mass is 510 g/mol. The molecule has 142 valence electrons. The normalized spacial score (nSPS) is 11.7. The van der Waals surface area contributed by atoms with Crippen LogP contribution in [0.25, 0.3) is 54.6 Å². The van der Waals surface area contributed by atoms with E-state index in [1.807, 2.05) is 0 Å². The molecule has 0 aliphatic carbocycles. The quantitative estimate of drug-likeness (QED) is 0.203. The molecule has 2 heteroatoms. The van der Waals surface area contributed by atoms with E-state index in [2.05, 4.69) is 129 Å². The van der Waals surface area contributed by atoms with E-state index in [0.29, 0.717) is 0 Å². The van der Waals surface area contributed by atoms with Gasteiger partial charge in [-0.05, 0) is 66.7 Å². The molecule has 0 unspecified atom stereocenters. The van der Waals surface area contributed by atoms with Gasteiger partial charge in [0.1, 0.15) is 0 Å². The Balaban J connectivity index is 1.82. The zero-order chi connectivity index (χ0) is 20.2. The van der Waals surface area contributed by atoms with Crippen LogP contribution in [-0.4, -0.2) is 0 Å². The topological polar surface area (TPSA) is 0 Å². The summed E-state index contributed by atoms with van der Waals surface area (Å²) in [5, 5.41) is 7.71. The van der Waals surface area contributed by atoms with Crippen molar-refractivity contribution >= 4 is 64.2 Å². The van der Waals surface area contributed by atoms with Gasteiger partial charge in [0, 0.05) is 8.95 Å². The zero-order valence-electron chi connectivity index (χ0n) is 16.0. The van der Waals surface area contributed by atoms with E-state index < -0.39 is 0 Å². The number of hydrogen-bond acceptors (Lipinski definition) is 0. The molecule has 0 radical (unpaired) electrons. The molecule has 0 atom stereocenters. The zero-order valence-corrected chi connectivity index (χ0v) is 19.2. The van der Waals surface area contributed by atoms with Gasteiger partial charge in [0.15, 0.2) is 0 Å². The summed E-state index contributed by atoms with van der Waals surface area (Å²) < 4.78 is 2.26. The Labute approximate surface area is 191 Å². The molecule has 0 fully saturated rings. The second-order valence-electron chi connectivity index (χ2n) is 7.62. The van der Waals surface area contributed by atoms with Gasteiger partial charge in [0.05, 0.1) is 0 Å². The van der Waals surface area contributed by atoms with Crippen molar-refractivity contribution in [1.29, 1.82) is 0 Å². The van der Waals surface area contributed by atoms with Crippen LogP contribution in [0, 0.1) is 0 Å². The summed E-state index contributed by atoms with van der Waals surface area (Å²) in [7, 11) is 0. The molecule has 0 amide bonds. The van der Waals surface area contributed by atoms with E-state index in [-0.39, 0.29) is 0 Å². The summed E-state index contributed by atoms with van der Waals surface area (Å²) in [5.41, 5.74) is 4.98. The Bertz CT molecular complexity index is 1410. The Morgan fingerprint density at radius 2 is 0.767 bits per heavy atom. The fraction of sp³-hybridized carbons (Fsp3) is 0. The molecule has 30 heavy (non-hydrogen) atoms. The second-order valence-corrected chi connectivity index (χ2v) is 9.32. The summed E-state index contributed by atoms with van der Waals surface area (Å²) in [6.07, 6.45) is 0.